The summed E-state index contributed by atoms with van der Waals surface area (Å²) in [6.45, 7) is 2.07. The van der Waals surface area contributed by atoms with Crippen molar-refractivity contribution in [3.8, 4) is 0 Å². The Morgan fingerprint density at radius 2 is 2.46 bits per heavy atom. The van der Waals surface area contributed by atoms with Crippen LogP contribution in [-0.2, 0) is 10.5 Å². The minimum Gasteiger partial charge on any atom is -0.486 e. The summed E-state index contributed by atoms with van der Waals surface area (Å²) in [4.78, 5) is 2.27. The molecule has 0 saturated carbocycles. The van der Waals surface area contributed by atoms with Gasteiger partial charge in [0.1, 0.15) is 0 Å². The number of thiocarbonyl (C=S) groups is 1. The van der Waals surface area contributed by atoms with Crippen LogP contribution in [0.1, 0.15) is 15.3 Å². The summed E-state index contributed by atoms with van der Waals surface area (Å²) in [6, 6.07) is 2.05. The Bertz CT molecular complexity index is 308. The zero-order valence-electron chi connectivity index (χ0n) is 7.49. The van der Waals surface area contributed by atoms with Gasteiger partial charge >= 0.3 is 0 Å². The molecule has 0 unspecified atom stereocenters. The van der Waals surface area contributed by atoms with E-state index in [1.165, 1.54) is 22.4 Å². The Morgan fingerprint density at radius 1 is 1.77 bits per heavy atom. The molecule has 0 atom stereocenters. The molecule has 0 radical (unpaired) electrons. The molecule has 1 aromatic rings. The van der Waals surface area contributed by atoms with Gasteiger partial charge in [-0.05, 0) is 30.8 Å². The van der Waals surface area contributed by atoms with Crippen molar-refractivity contribution >= 4 is 40.6 Å². The minimum atomic E-state index is 0.557. The number of thiophene rings is 1. The van der Waals surface area contributed by atoms with Crippen molar-refractivity contribution in [2.75, 3.05) is 7.11 Å². The second-order valence-electron chi connectivity index (χ2n) is 2.49. The first-order chi connectivity index (χ1) is 6.19. The molecule has 0 aliphatic rings. The first-order valence-corrected chi connectivity index (χ1v) is 5.95. The number of nitrogens with two attached hydrogens (primary N) is 1. The van der Waals surface area contributed by atoms with Gasteiger partial charge in [0.25, 0.3) is 0 Å². The van der Waals surface area contributed by atoms with Crippen LogP contribution in [0.15, 0.2) is 6.07 Å². The number of aryl methyl sites for hydroxylation is 1. The quantitative estimate of drug-likeness (QED) is 0.642. The fourth-order valence-electron chi connectivity index (χ4n) is 0.954. The Balaban J connectivity index is 2.88. The summed E-state index contributed by atoms with van der Waals surface area (Å²) in [5, 5.41) is 5.96. The van der Waals surface area contributed by atoms with Crippen molar-refractivity contribution < 1.29 is 4.74 Å². The Labute approximate surface area is 91.6 Å². The number of ether oxygens (including phenoxy) is 1. The van der Waals surface area contributed by atoms with E-state index in [1.54, 1.807) is 18.4 Å². The van der Waals surface area contributed by atoms with Gasteiger partial charge in [0.2, 0.25) is 5.05 Å². The van der Waals surface area contributed by atoms with Crippen molar-refractivity contribution in [1.82, 2.24) is 0 Å². The first-order valence-electron chi connectivity index (χ1n) is 3.68. The van der Waals surface area contributed by atoms with Gasteiger partial charge in [0.15, 0.2) is 0 Å². The third-order valence-corrected chi connectivity index (χ3v) is 3.73. The number of hydrogen-bond acceptors (Lipinski definition) is 5. The van der Waals surface area contributed by atoms with Crippen LogP contribution in [0.5, 0.6) is 0 Å². The van der Waals surface area contributed by atoms with E-state index in [1.807, 2.05) is 6.07 Å². The molecule has 0 amide bonds. The molecule has 0 fully saturated rings. The first kappa shape index (κ1) is 11.0. The molecule has 1 heterocycles. The number of hydrogen-bond donors (Lipinski definition) is 1. The second-order valence-corrected chi connectivity index (χ2v) is 4.74. The van der Waals surface area contributed by atoms with Crippen LogP contribution in [-0.4, -0.2) is 12.2 Å². The van der Waals surface area contributed by atoms with E-state index in [2.05, 4.69) is 6.92 Å². The zero-order valence-corrected chi connectivity index (χ0v) is 9.94. The lowest BCUT2D eigenvalue weighted by atomic mass is 10.3. The van der Waals surface area contributed by atoms with Gasteiger partial charge in [0.05, 0.1) is 12.0 Å². The highest BCUT2D eigenvalue weighted by Crippen LogP contribution is 2.24. The van der Waals surface area contributed by atoms with Crippen molar-refractivity contribution in [2.24, 2.45) is 5.14 Å². The highest BCUT2D eigenvalue weighted by atomic mass is 32.2. The van der Waals surface area contributed by atoms with Gasteiger partial charge in [-0.25, -0.2) is 0 Å². The van der Waals surface area contributed by atoms with Crippen LogP contribution in [0.4, 0.5) is 0 Å². The average molecular weight is 233 g/mol. The average Bonchev–Trinajstić information content (AvgIpc) is 2.47. The molecule has 0 aromatic carbocycles. The zero-order chi connectivity index (χ0) is 9.84. The molecule has 2 nitrogen and oxygen atoms in total. The largest absolute Gasteiger partial charge is 0.486 e. The van der Waals surface area contributed by atoms with Gasteiger partial charge in [-0.2, -0.15) is 0 Å². The summed E-state index contributed by atoms with van der Waals surface area (Å²) >= 11 is 8.01. The minimum absolute atomic E-state index is 0.557. The standard InChI is InChI=1S/C8H11NOS3/c1-5-6(4-12-9)3-7(13-5)8(11)10-2/h3H,4,9H2,1-2H3. The number of rotatable bonds is 3. The lowest BCUT2D eigenvalue weighted by molar-refractivity contribution is 0.417. The van der Waals surface area contributed by atoms with Crippen molar-refractivity contribution in [3.05, 3.63) is 21.4 Å². The van der Waals surface area contributed by atoms with Gasteiger partial charge in [-0.3, -0.25) is 5.14 Å². The molecular weight excluding hydrogens is 222 g/mol. The molecule has 0 aliphatic heterocycles. The van der Waals surface area contributed by atoms with Gasteiger partial charge in [-0.15, -0.1) is 11.3 Å². The van der Waals surface area contributed by atoms with E-state index in [0.29, 0.717) is 5.05 Å². The normalized spacial score (nSPS) is 10.1. The Hall–Kier alpha value is -0.100. The Kier molecular flexibility index (Phi) is 4.18. The van der Waals surface area contributed by atoms with Gasteiger partial charge < -0.3 is 4.74 Å². The topological polar surface area (TPSA) is 35.2 Å². The molecule has 0 saturated heterocycles. The van der Waals surface area contributed by atoms with E-state index < -0.39 is 0 Å². The van der Waals surface area contributed by atoms with E-state index in [0.717, 1.165) is 10.6 Å². The SMILES string of the molecule is COC(=S)c1cc(CSN)c(C)s1. The van der Waals surface area contributed by atoms with Crippen LogP contribution in [0.25, 0.3) is 0 Å². The molecule has 72 valence electrons. The molecule has 5 heteroatoms. The third-order valence-electron chi connectivity index (χ3n) is 1.65. The summed E-state index contributed by atoms with van der Waals surface area (Å²) in [5.41, 5.74) is 1.24. The summed E-state index contributed by atoms with van der Waals surface area (Å²) in [7, 11) is 1.59. The fourth-order valence-corrected chi connectivity index (χ4v) is 2.67. The van der Waals surface area contributed by atoms with Gasteiger partial charge in [-0.1, -0.05) is 11.9 Å². The van der Waals surface area contributed by atoms with Crippen LogP contribution in [0, 0.1) is 6.92 Å². The van der Waals surface area contributed by atoms with Crippen molar-refractivity contribution in [2.45, 2.75) is 12.7 Å². The maximum absolute atomic E-state index is 5.40. The maximum atomic E-state index is 5.40. The highest BCUT2D eigenvalue weighted by molar-refractivity contribution is 7.96. The maximum Gasteiger partial charge on any atom is 0.201 e. The predicted molar refractivity (Wildman–Crippen MR) is 63.2 cm³/mol. The second kappa shape index (κ2) is 4.95. The lowest BCUT2D eigenvalue weighted by Crippen LogP contribution is -1.95. The smallest absolute Gasteiger partial charge is 0.201 e. The Morgan fingerprint density at radius 3 is 3.00 bits per heavy atom. The molecule has 2 N–H and O–H groups in total. The molecule has 0 bridgehead atoms. The van der Waals surface area contributed by atoms with Crippen LogP contribution in [0.3, 0.4) is 0 Å². The van der Waals surface area contributed by atoms with Crippen molar-refractivity contribution in [1.29, 1.82) is 0 Å². The van der Waals surface area contributed by atoms with E-state index in [4.69, 9.17) is 22.1 Å². The third kappa shape index (κ3) is 2.67. The lowest BCUT2D eigenvalue weighted by Gasteiger charge is -1.95. The van der Waals surface area contributed by atoms with E-state index in [-0.39, 0.29) is 0 Å². The molecular formula is C8H11NOS3. The van der Waals surface area contributed by atoms with Crippen LogP contribution < -0.4 is 5.14 Å². The number of methoxy groups -OCH3 is 1. The molecule has 0 aliphatic carbocycles. The summed E-state index contributed by atoms with van der Waals surface area (Å²) in [6.07, 6.45) is 0. The van der Waals surface area contributed by atoms with E-state index in [9.17, 15) is 0 Å². The molecule has 0 spiro atoms. The monoisotopic (exact) mass is 233 g/mol. The van der Waals surface area contributed by atoms with Crippen LogP contribution >= 0.6 is 35.5 Å². The van der Waals surface area contributed by atoms with Crippen molar-refractivity contribution in [3.63, 3.8) is 0 Å². The highest BCUT2D eigenvalue weighted by Gasteiger charge is 2.08. The van der Waals surface area contributed by atoms with Crippen LogP contribution in [0.2, 0.25) is 0 Å². The molecule has 13 heavy (non-hydrogen) atoms. The van der Waals surface area contributed by atoms with E-state index >= 15 is 0 Å². The molecule has 1 rings (SSSR count). The predicted octanol–water partition coefficient (Wildman–Crippen LogP) is 2.49. The van der Waals surface area contributed by atoms with Gasteiger partial charge in [0, 0.05) is 10.6 Å². The summed E-state index contributed by atoms with van der Waals surface area (Å²) in [5.74, 6) is 0.828. The fraction of sp³-hybridized carbons (Fsp3) is 0.375. The summed E-state index contributed by atoms with van der Waals surface area (Å²) < 4.78 is 4.99. The molecule has 1 aromatic heterocycles.